The summed E-state index contributed by atoms with van der Waals surface area (Å²) < 4.78 is 0. The van der Waals surface area contributed by atoms with Gasteiger partial charge in [-0.3, -0.25) is 9.69 Å². The van der Waals surface area contributed by atoms with E-state index < -0.39 is 0 Å². The van der Waals surface area contributed by atoms with Gasteiger partial charge in [0.2, 0.25) is 5.91 Å². The Kier molecular flexibility index (Phi) is 4.80. The van der Waals surface area contributed by atoms with Crippen LogP contribution < -0.4 is 5.73 Å². The van der Waals surface area contributed by atoms with Crippen LogP contribution in [-0.4, -0.2) is 55.0 Å². The van der Waals surface area contributed by atoms with Gasteiger partial charge in [-0.1, -0.05) is 12.8 Å². The fraction of sp³-hybridized carbons (Fsp3) is 0.923. The van der Waals surface area contributed by atoms with Crippen LogP contribution in [0.2, 0.25) is 0 Å². The molecule has 0 spiro atoms. The van der Waals surface area contributed by atoms with E-state index in [-0.39, 0.29) is 0 Å². The predicted molar refractivity (Wildman–Crippen MR) is 68.6 cm³/mol. The first-order valence-electron chi connectivity index (χ1n) is 7.02. The Hall–Kier alpha value is -0.610. The minimum atomic E-state index is 0.339. The molecular formula is C13H25N3O. The highest BCUT2D eigenvalue weighted by molar-refractivity contribution is 5.79. The zero-order chi connectivity index (χ0) is 12.1. The fourth-order valence-electron chi connectivity index (χ4n) is 2.94. The van der Waals surface area contributed by atoms with E-state index in [1.165, 1.54) is 12.8 Å². The van der Waals surface area contributed by atoms with Gasteiger partial charge in [0, 0.05) is 32.1 Å². The zero-order valence-electron chi connectivity index (χ0n) is 10.7. The molecule has 2 rings (SSSR count). The lowest BCUT2D eigenvalue weighted by atomic mass is 10.1. The molecular weight excluding hydrogens is 214 g/mol. The molecule has 0 aromatic rings. The summed E-state index contributed by atoms with van der Waals surface area (Å²) in [4.78, 5) is 16.7. The van der Waals surface area contributed by atoms with Crippen LogP contribution in [0.1, 0.15) is 32.1 Å². The summed E-state index contributed by atoms with van der Waals surface area (Å²) in [5.74, 6) is 0.756. The average Bonchev–Trinajstić information content (AvgIpc) is 2.90. The predicted octanol–water partition coefficient (Wildman–Crippen LogP) is 0.670. The molecule has 2 fully saturated rings. The van der Waals surface area contributed by atoms with Crippen LogP contribution in [0.3, 0.4) is 0 Å². The molecule has 0 aromatic carbocycles. The molecule has 0 unspecified atom stereocenters. The molecule has 4 nitrogen and oxygen atoms in total. The molecule has 0 bridgehead atoms. The fourth-order valence-corrected chi connectivity index (χ4v) is 2.94. The molecule has 1 aliphatic heterocycles. The van der Waals surface area contributed by atoms with Crippen molar-refractivity contribution in [1.29, 1.82) is 0 Å². The molecule has 1 saturated carbocycles. The van der Waals surface area contributed by atoms with Gasteiger partial charge in [0.15, 0.2) is 0 Å². The standard InChI is InChI=1S/C13H25N3O/c14-6-3-7-15-8-10-16(11-9-15)13(17)12-4-1-2-5-12/h12H,1-11,14H2. The minimum Gasteiger partial charge on any atom is -0.340 e. The third kappa shape index (κ3) is 3.42. The quantitative estimate of drug-likeness (QED) is 0.784. The van der Waals surface area contributed by atoms with Crippen LogP contribution in [0.15, 0.2) is 0 Å². The van der Waals surface area contributed by atoms with Crippen LogP contribution in [0, 0.1) is 5.92 Å². The Morgan fingerprint density at radius 1 is 1.12 bits per heavy atom. The van der Waals surface area contributed by atoms with Crippen molar-refractivity contribution in [3.05, 3.63) is 0 Å². The van der Waals surface area contributed by atoms with E-state index >= 15 is 0 Å². The van der Waals surface area contributed by atoms with Crippen molar-refractivity contribution in [3.8, 4) is 0 Å². The van der Waals surface area contributed by atoms with Gasteiger partial charge in [-0.2, -0.15) is 0 Å². The number of piperazine rings is 1. The van der Waals surface area contributed by atoms with Crippen LogP contribution in [-0.2, 0) is 4.79 Å². The van der Waals surface area contributed by atoms with Gasteiger partial charge >= 0.3 is 0 Å². The van der Waals surface area contributed by atoms with E-state index in [0.29, 0.717) is 11.8 Å². The Balaban J connectivity index is 1.72. The largest absolute Gasteiger partial charge is 0.340 e. The number of amides is 1. The highest BCUT2D eigenvalue weighted by Gasteiger charge is 2.29. The first-order valence-corrected chi connectivity index (χ1v) is 7.02. The van der Waals surface area contributed by atoms with E-state index in [1.807, 2.05) is 0 Å². The van der Waals surface area contributed by atoms with Crippen molar-refractivity contribution in [1.82, 2.24) is 9.80 Å². The second kappa shape index (κ2) is 6.36. The Labute approximate surface area is 104 Å². The van der Waals surface area contributed by atoms with Crippen molar-refractivity contribution in [3.63, 3.8) is 0 Å². The summed E-state index contributed by atoms with van der Waals surface area (Å²) in [5, 5.41) is 0. The number of nitrogens with two attached hydrogens (primary N) is 1. The summed E-state index contributed by atoms with van der Waals surface area (Å²) in [6.45, 7) is 5.74. The number of hydrogen-bond donors (Lipinski definition) is 1. The van der Waals surface area contributed by atoms with Gasteiger partial charge in [-0.25, -0.2) is 0 Å². The number of carbonyl (C=O) groups is 1. The van der Waals surface area contributed by atoms with Crippen molar-refractivity contribution < 1.29 is 4.79 Å². The maximum Gasteiger partial charge on any atom is 0.225 e. The molecule has 2 N–H and O–H groups in total. The molecule has 1 saturated heterocycles. The molecule has 0 radical (unpaired) electrons. The highest BCUT2D eigenvalue weighted by atomic mass is 16.2. The smallest absolute Gasteiger partial charge is 0.225 e. The first-order chi connectivity index (χ1) is 8.31. The topological polar surface area (TPSA) is 49.6 Å². The second-order valence-corrected chi connectivity index (χ2v) is 5.29. The zero-order valence-corrected chi connectivity index (χ0v) is 10.7. The van der Waals surface area contributed by atoms with E-state index in [1.54, 1.807) is 0 Å². The normalized spacial score (nSPS) is 23.2. The average molecular weight is 239 g/mol. The van der Waals surface area contributed by atoms with Gasteiger partial charge in [0.05, 0.1) is 0 Å². The van der Waals surface area contributed by atoms with Crippen molar-refractivity contribution in [2.75, 3.05) is 39.3 Å². The summed E-state index contributed by atoms with van der Waals surface area (Å²) >= 11 is 0. The maximum absolute atomic E-state index is 12.2. The van der Waals surface area contributed by atoms with Crippen molar-refractivity contribution >= 4 is 5.91 Å². The molecule has 1 heterocycles. The van der Waals surface area contributed by atoms with Crippen LogP contribution >= 0.6 is 0 Å². The van der Waals surface area contributed by atoms with Gasteiger partial charge in [-0.05, 0) is 32.4 Å². The third-order valence-electron chi connectivity index (χ3n) is 4.07. The lowest BCUT2D eigenvalue weighted by Gasteiger charge is -2.35. The Bertz CT molecular complexity index is 243. The van der Waals surface area contributed by atoms with E-state index in [0.717, 1.165) is 58.5 Å². The van der Waals surface area contributed by atoms with Gasteiger partial charge in [0.1, 0.15) is 0 Å². The molecule has 0 aromatic heterocycles. The molecule has 4 heteroatoms. The molecule has 1 aliphatic carbocycles. The monoisotopic (exact) mass is 239 g/mol. The maximum atomic E-state index is 12.2. The van der Waals surface area contributed by atoms with Crippen molar-refractivity contribution in [2.45, 2.75) is 32.1 Å². The lowest BCUT2D eigenvalue weighted by Crippen LogP contribution is -2.50. The Morgan fingerprint density at radius 2 is 1.76 bits per heavy atom. The number of nitrogens with zero attached hydrogens (tertiary/aromatic N) is 2. The summed E-state index contributed by atoms with van der Waals surface area (Å²) in [6, 6.07) is 0. The van der Waals surface area contributed by atoms with Crippen molar-refractivity contribution in [2.24, 2.45) is 11.7 Å². The number of hydrogen-bond acceptors (Lipinski definition) is 3. The van der Waals surface area contributed by atoms with E-state index in [4.69, 9.17) is 5.73 Å². The molecule has 98 valence electrons. The summed E-state index contributed by atoms with van der Waals surface area (Å²) in [6.07, 6.45) is 5.79. The van der Waals surface area contributed by atoms with Gasteiger partial charge in [-0.15, -0.1) is 0 Å². The lowest BCUT2D eigenvalue weighted by molar-refractivity contribution is -0.137. The Morgan fingerprint density at radius 3 is 2.35 bits per heavy atom. The van der Waals surface area contributed by atoms with Crippen LogP contribution in [0.25, 0.3) is 0 Å². The molecule has 1 amide bonds. The first kappa shape index (κ1) is 12.8. The minimum absolute atomic E-state index is 0.339. The van der Waals surface area contributed by atoms with Crippen LogP contribution in [0.5, 0.6) is 0 Å². The second-order valence-electron chi connectivity index (χ2n) is 5.29. The van der Waals surface area contributed by atoms with E-state index in [2.05, 4.69) is 9.80 Å². The SMILES string of the molecule is NCCCN1CCN(C(=O)C2CCCC2)CC1. The van der Waals surface area contributed by atoms with Gasteiger partial charge < -0.3 is 10.6 Å². The summed E-state index contributed by atoms with van der Waals surface area (Å²) in [5.41, 5.74) is 5.51. The molecule has 2 aliphatic rings. The number of carbonyl (C=O) groups excluding carboxylic acids is 1. The number of rotatable bonds is 4. The van der Waals surface area contributed by atoms with Gasteiger partial charge in [0.25, 0.3) is 0 Å². The molecule has 17 heavy (non-hydrogen) atoms. The third-order valence-corrected chi connectivity index (χ3v) is 4.07. The van der Waals surface area contributed by atoms with E-state index in [9.17, 15) is 4.79 Å². The van der Waals surface area contributed by atoms with Crippen LogP contribution in [0.4, 0.5) is 0 Å². The molecule has 0 atom stereocenters. The summed E-state index contributed by atoms with van der Waals surface area (Å²) in [7, 11) is 0. The highest BCUT2D eigenvalue weighted by Crippen LogP contribution is 2.26.